The Hall–Kier alpha value is -2.95. The van der Waals surface area contributed by atoms with E-state index in [0.717, 1.165) is 4.57 Å². The van der Waals surface area contributed by atoms with E-state index in [1.165, 1.54) is 36.9 Å². The van der Waals surface area contributed by atoms with Crippen molar-refractivity contribution in [1.29, 1.82) is 0 Å². The van der Waals surface area contributed by atoms with Crippen molar-refractivity contribution in [3.63, 3.8) is 0 Å². The van der Waals surface area contributed by atoms with Crippen LogP contribution in [0.4, 0.5) is 15.9 Å². The average molecular weight is 495 g/mol. The number of hydrogen-bond donors (Lipinski definition) is 1. The van der Waals surface area contributed by atoms with Gasteiger partial charge in [-0.3, -0.25) is 18.7 Å². The molecule has 1 heterocycles. The highest BCUT2D eigenvalue weighted by Crippen LogP contribution is 2.33. The number of ether oxygens (including phenoxy) is 1. The van der Waals surface area contributed by atoms with Gasteiger partial charge in [-0.05, 0) is 46.9 Å². The predicted molar refractivity (Wildman–Crippen MR) is 111 cm³/mol. The summed E-state index contributed by atoms with van der Waals surface area (Å²) in [6.45, 7) is 0.247. The van der Waals surface area contributed by atoms with Crippen LogP contribution in [0.3, 0.4) is 0 Å². The normalized spacial score (nSPS) is 10.6. The molecule has 0 radical (unpaired) electrons. The molecule has 1 N–H and O–H groups in total. The Morgan fingerprint density at radius 2 is 1.82 bits per heavy atom. The van der Waals surface area contributed by atoms with Crippen molar-refractivity contribution >= 4 is 40.6 Å². The molecule has 0 aliphatic rings. The molecule has 2 aromatic carbocycles. The molecule has 0 unspecified atom stereocenters. The summed E-state index contributed by atoms with van der Waals surface area (Å²) in [5.74, 6) is -0.321. The Balaban J connectivity index is 2.32. The smallest absolute Gasteiger partial charge is 0.332 e. The topological polar surface area (TPSA) is 82.3 Å². The molecular formula is C19H15FIN3O4. The molecule has 3 rings (SSSR count). The summed E-state index contributed by atoms with van der Waals surface area (Å²) in [5, 5.41) is 2.84. The second kappa shape index (κ2) is 7.97. The molecule has 7 nitrogen and oxygen atoms in total. The van der Waals surface area contributed by atoms with Crippen LogP contribution in [0.5, 0.6) is 5.75 Å². The minimum absolute atomic E-state index is 0.0694. The number of hydrogen-bond acceptors (Lipinski definition) is 5. The molecule has 0 atom stereocenters. The van der Waals surface area contributed by atoms with Crippen LogP contribution in [0.25, 0.3) is 11.1 Å². The minimum atomic E-state index is -0.613. The van der Waals surface area contributed by atoms with E-state index in [-0.39, 0.29) is 29.3 Å². The number of nitrogens with one attached hydrogen (secondary N) is 1. The largest absolute Gasteiger partial charge is 0.428 e. The van der Waals surface area contributed by atoms with Gasteiger partial charge in [-0.15, -0.1) is 0 Å². The summed E-state index contributed by atoms with van der Waals surface area (Å²) in [5.41, 5.74) is -0.743. The van der Waals surface area contributed by atoms with Crippen LogP contribution >= 0.6 is 22.6 Å². The summed E-state index contributed by atoms with van der Waals surface area (Å²) >= 11 is 1.98. The number of rotatable bonds is 5. The van der Waals surface area contributed by atoms with Crippen LogP contribution < -0.4 is 21.3 Å². The Labute approximate surface area is 172 Å². The van der Waals surface area contributed by atoms with Crippen molar-refractivity contribution in [2.45, 2.75) is 0 Å². The lowest BCUT2D eigenvalue weighted by Crippen LogP contribution is -2.39. The number of anilines is 2. The lowest BCUT2D eigenvalue weighted by molar-refractivity contribution is -0.120. The fourth-order valence-electron chi connectivity index (χ4n) is 2.78. The van der Waals surface area contributed by atoms with Gasteiger partial charge in [0.05, 0.1) is 11.3 Å². The van der Waals surface area contributed by atoms with Gasteiger partial charge in [0.15, 0.2) is 0 Å². The van der Waals surface area contributed by atoms with E-state index >= 15 is 0 Å². The first-order chi connectivity index (χ1) is 13.3. The molecule has 0 amide bonds. The van der Waals surface area contributed by atoms with E-state index in [1.54, 1.807) is 24.3 Å². The van der Waals surface area contributed by atoms with Crippen molar-refractivity contribution in [1.82, 2.24) is 9.13 Å². The molecule has 0 saturated heterocycles. The van der Waals surface area contributed by atoms with E-state index in [9.17, 15) is 18.8 Å². The van der Waals surface area contributed by atoms with Gasteiger partial charge in [0.2, 0.25) is 0 Å². The van der Waals surface area contributed by atoms with E-state index in [2.05, 4.69) is 5.32 Å². The molecular weight excluding hydrogens is 480 g/mol. The number of aromatic nitrogens is 2. The lowest BCUT2D eigenvalue weighted by atomic mass is 10.1. The molecule has 0 aliphatic carbocycles. The van der Waals surface area contributed by atoms with Crippen molar-refractivity contribution in [2.24, 2.45) is 14.1 Å². The number of nitrogens with zero attached hydrogens (tertiary/aromatic N) is 2. The summed E-state index contributed by atoms with van der Waals surface area (Å²) in [4.78, 5) is 36.2. The highest BCUT2D eigenvalue weighted by molar-refractivity contribution is 14.1. The van der Waals surface area contributed by atoms with Crippen molar-refractivity contribution < 1.29 is 13.9 Å². The fraction of sp³-hybridized carbons (Fsp3) is 0.105. The standard InChI is InChI=1S/C19H15FIN3O4/c1-23-17(22-14-8-7-11(21)9-13(14)20)16(18(26)24(2)19(23)27)12-5-3-4-6-15(12)28-10-25/h3-10,22H,1-2H3. The first kappa shape index (κ1) is 19.8. The maximum absolute atomic E-state index is 14.4. The third kappa shape index (κ3) is 3.57. The Bertz CT molecular complexity index is 1190. The molecule has 0 fully saturated rings. The quantitative estimate of drug-likeness (QED) is 0.435. The van der Waals surface area contributed by atoms with Gasteiger partial charge in [0.25, 0.3) is 12.0 Å². The molecule has 28 heavy (non-hydrogen) atoms. The first-order valence-electron chi connectivity index (χ1n) is 8.07. The monoisotopic (exact) mass is 495 g/mol. The molecule has 144 valence electrons. The number of carbonyl (C=O) groups is 1. The van der Waals surface area contributed by atoms with Gasteiger partial charge in [-0.2, -0.15) is 0 Å². The fourth-order valence-corrected chi connectivity index (χ4v) is 3.23. The Morgan fingerprint density at radius 3 is 2.50 bits per heavy atom. The van der Waals surface area contributed by atoms with Gasteiger partial charge in [-0.1, -0.05) is 18.2 Å². The Morgan fingerprint density at radius 1 is 1.11 bits per heavy atom. The van der Waals surface area contributed by atoms with Gasteiger partial charge in [0.1, 0.15) is 17.4 Å². The third-order valence-electron chi connectivity index (χ3n) is 4.18. The molecule has 3 aromatic rings. The summed E-state index contributed by atoms with van der Waals surface area (Å²) < 4.78 is 22.2. The van der Waals surface area contributed by atoms with Gasteiger partial charge < -0.3 is 10.1 Å². The van der Waals surface area contributed by atoms with Crippen LogP contribution in [0.2, 0.25) is 0 Å². The minimum Gasteiger partial charge on any atom is -0.428 e. The van der Waals surface area contributed by atoms with E-state index in [4.69, 9.17) is 4.74 Å². The summed E-state index contributed by atoms with van der Waals surface area (Å²) in [7, 11) is 2.80. The van der Waals surface area contributed by atoms with Gasteiger partial charge in [-0.25, -0.2) is 9.18 Å². The van der Waals surface area contributed by atoms with Crippen molar-refractivity contribution in [3.8, 4) is 16.9 Å². The second-order valence-corrected chi connectivity index (χ2v) is 7.13. The molecule has 0 saturated carbocycles. The molecule has 0 spiro atoms. The van der Waals surface area contributed by atoms with E-state index in [1.807, 2.05) is 22.6 Å². The van der Waals surface area contributed by atoms with Crippen LogP contribution in [-0.4, -0.2) is 15.6 Å². The molecule has 9 heteroatoms. The number of halogens is 2. The maximum Gasteiger partial charge on any atom is 0.332 e. The predicted octanol–water partition coefficient (Wildman–Crippen LogP) is 2.77. The van der Waals surface area contributed by atoms with Crippen LogP contribution in [0.15, 0.2) is 52.1 Å². The Kier molecular flexibility index (Phi) is 5.63. The maximum atomic E-state index is 14.4. The lowest BCUT2D eigenvalue weighted by Gasteiger charge is -2.18. The van der Waals surface area contributed by atoms with Crippen molar-refractivity contribution in [2.75, 3.05) is 5.32 Å². The summed E-state index contributed by atoms with van der Waals surface area (Å²) in [6, 6.07) is 10.9. The van der Waals surface area contributed by atoms with Gasteiger partial charge >= 0.3 is 5.69 Å². The van der Waals surface area contributed by atoms with E-state index in [0.29, 0.717) is 9.13 Å². The van der Waals surface area contributed by atoms with Crippen LogP contribution in [0.1, 0.15) is 0 Å². The number of benzene rings is 2. The molecule has 1 aromatic heterocycles. The van der Waals surface area contributed by atoms with Gasteiger partial charge in [0, 0.05) is 23.2 Å². The molecule has 0 aliphatic heterocycles. The van der Waals surface area contributed by atoms with E-state index < -0.39 is 17.1 Å². The van der Waals surface area contributed by atoms with Crippen LogP contribution in [0, 0.1) is 9.39 Å². The second-order valence-electron chi connectivity index (χ2n) is 5.89. The molecule has 0 bridgehead atoms. The third-order valence-corrected chi connectivity index (χ3v) is 4.85. The van der Waals surface area contributed by atoms with Crippen molar-refractivity contribution in [3.05, 3.63) is 72.7 Å². The number of para-hydroxylation sites is 1. The zero-order valence-corrected chi connectivity index (χ0v) is 17.1. The highest BCUT2D eigenvalue weighted by atomic mass is 127. The highest BCUT2D eigenvalue weighted by Gasteiger charge is 2.21. The first-order valence-corrected chi connectivity index (χ1v) is 9.14. The SMILES string of the molecule is Cn1c(Nc2ccc(I)cc2F)c(-c2ccccc2OC=O)c(=O)n(C)c1=O. The zero-order valence-electron chi connectivity index (χ0n) is 14.9. The van der Waals surface area contributed by atoms with Crippen LogP contribution in [-0.2, 0) is 18.9 Å². The zero-order chi connectivity index (χ0) is 20.4. The number of carbonyl (C=O) groups excluding carboxylic acids is 1. The average Bonchev–Trinajstić information content (AvgIpc) is 2.67. The summed E-state index contributed by atoms with van der Waals surface area (Å²) in [6.07, 6.45) is 0.